The Balaban J connectivity index is 3.82. The largest absolute Gasteiger partial charge is 0.506 e. The maximum absolute atomic E-state index is 11.0. The summed E-state index contributed by atoms with van der Waals surface area (Å²) in [5, 5.41) is 0.236. The summed E-state index contributed by atoms with van der Waals surface area (Å²) >= 11 is 0. The zero-order valence-electron chi connectivity index (χ0n) is 3.83. The molecule has 0 rings (SSSR count). The van der Waals surface area contributed by atoms with Crippen molar-refractivity contribution in [2.45, 2.75) is 6.18 Å². The highest BCUT2D eigenvalue weighted by Gasteiger charge is 2.40. The third kappa shape index (κ3) is 1.92. The Morgan fingerprint density at radius 2 is 1.88 bits per heavy atom. The number of carbonyl (C=O) groups is 1. The number of hydrogen-bond donors (Lipinski definition) is 1. The van der Waals surface area contributed by atoms with Crippen LogP contribution in [-0.4, -0.2) is 12.1 Å². The molecule has 0 heterocycles. The lowest BCUT2D eigenvalue weighted by Gasteiger charge is -1.99. The van der Waals surface area contributed by atoms with E-state index >= 15 is 0 Å². The average molecular weight is 127 g/mol. The summed E-state index contributed by atoms with van der Waals surface area (Å²) < 4.78 is 33.1. The molecule has 2 N–H and O–H groups in total. The first-order valence-electron chi connectivity index (χ1n) is 1.72. The Hall–Kier alpha value is -0.580. The molecule has 0 aromatic rings. The van der Waals surface area contributed by atoms with Gasteiger partial charge in [-0.05, 0) is 0 Å². The molecule has 0 saturated carbocycles. The molecule has 48 valence electrons. The first-order chi connectivity index (χ1) is 3.48. The topological polar surface area (TPSA) is 33.7 Å². The fraction of sp³-hybridized carbons (Fsp3) is 0.333. The number of quaternary nitrogens is 1. The van der Waals surface area contributed by atoms with Gasteiger partial charge in [-0.15, -0.1) is 7.05 Å². The van der Waals surface area contributed by atoms with Gasteiger partial charge in [0.1, 0.15) is 0 Å². The SMILES string of the molecule is [CH2-][NH2+]C(=O)C(F)(F)F. The van der Waals surface area contributed by atoms with Gasteiger partial charge >= 0.3 is 12.1 Å². The number of hydrogen-bond acceptors (Lipinski definition) is 1. The maximum atomic E-state index is 11.0. The number of rotatable bonds is 0. The summed E-state index contributed by atoms with van der Waals surface area (Å²) in [4.78, 5) is 9.59. The fourth-order valence-electron chi connectivity index (χ4n) is 0.116. The van der Waals surface area contributed by atoms with Crippen molar-refractivity contribution in [3.63, 3.8) is 0 Å². The van der Waals surface area contributed by atoms with E-state index in [0.29, 0.717) is 0 Å². The van der Waals surface area contributed by atoms with E-state index in [0.717, 1.165) is 0 Å². The van der Waals surface area contributed by atoms with Crippen LogP contribution in [0.5, 0.6) is 0 Å². The van der Waals surface area contributed by atoms with E-state index < -0.39 is 12.1 Å². The van der Waals surface area contributed by atoms with Crippen molar-refractivity contribution >= 4 is 5.91 Å². The van der Waals surface area contributed by atoms with Gasteiger partial charge in [0, 0.05) is 0 Å². The van der Waals surface area contributed by atoms with Crippen LogP contribution < -0.4 is 5.32 Å². The fourth-order valence-corrected chi connectivity index (χ4v) is 0.116. The molecular weight excluding hydrogens is 123 g/mol. The molecule has 0 aliphatic heterocycles. The second-order valence-electron chi connectivity index (χ2n) is 1.07. The molecule has 2 nitrogen and oxygen atoms in total. The van der Waals surface area contributed by atoms with Crippen molar-refractivity contribution in [1.82, 2.24) is 0 Å². The van der Waals surface area contributed by atoms with E-state index in [2.05, 4.69) is 7.05 Å². The quantitative estimate of drug-likeness (QED) is 0.434. The van der Waals surface area contributed by atoms with Gasteiger partial charge < -0.3 is 5.32 Å². The molecule has 0 atom stereocenters. The molecule has 1 amide bonds. The van der Waals surface area contributed by atoms with Crippen LogP contribution in [0, 0.1) is 7.05 Å². The average Bonchev–Trinajstić information content (AvgIpc) is 1.62. The zero-order chi connectivity index (χ0) is 6.78. The molecule has 8 heavy (non-hydrogen) atoms. The Kier molecular flexibility index (Phi) is 1.97. The molecule has 0 radical (unpaired) electrons. The molecule has 5 heteroatoms. The third-order valence-electron chi connectivity index (χ3n) is 0.465. The molecule has 0 spiro atoms. The smallest absolute Gasteiger partial charge is 0.407 e. The maximum Gasteiger partial charge on any atom is 0.506 e. The van der Waals surface area contributed by atoms with Gasteiger partial charge in [-0.3, -0.25) is 0 Å². The van der Waals surface area contributed by atoms with Crippen LogP contribution >= 0.6 is 0 Å². The van der Waals surface area contributed by atoms with Crippen molar-refractivity contribution < 1.29 is 23.3 Å². The van der Waals surface area contributed by atoms with E-state index in [-0.39, 0.29) is 5.32 Å². The molecule has 0 unspecified atom stereocenters. The van der Waals surface area contributed by atoms with Crippen LogP contribution in [0.3, 0.4) is 0 Å². The number of primary amides is 1. The molecule has 0 aliphatic rings. The van der Waals surface area contributed by atoms with Gasteiger partial charge in [0.25, 0.3) is 0 Å². The Bertz CT molecular complexity index is 97.2. The molecular formula is C3H4F3NO. The standard InChI is InChI=1S/C3H4F3NO/c1-7-2(8)3(4,5)6/h1,7H2. The number of nitrogens with two attached hydrogens (primary N) is 1. The van der Waals surface area contributed by atoms with Gasteiger partial charge in [0.05, 0.1) is 0 Å². The van der Waals surface area contributed by atoms with Gasteiger partial charge in [-0.25, -0.2) is 4.79 Å². The summed E-state index contributed by atoms with van der Waals surface area (Å²) in [6, 6.07) is 0. The number of carbonyl (C=O) groups excluding carboxylic acids is 1. The van der Waals surface area contributed by atoms with Crippen molar-refractivity contribution in [2.75, 3.05) is 0 Å². The van der Waals surface area contributed by atoms with E-state index in [1.807, 2.05) is 0 Å². The highest BCUT2D eigenvalue weighted by molar-refractivity contribution is 5.71. The van der Waals surface area contributed by atoms with Crippen molar-refractivity contribution in [3.05, 3.63) is 7.05 Å². The second-order valence-corrected chi connectivity index (χ2v) is 1.07. The predicted molar refractivity (Wildman–Crippen MR) is 18.3 cm³/mol. The number of amides is 1. The van der Waals surface area contributed by atoms with Gasteiger partial charge in [0.2, 0.25) is 0 Å². The lowest BCUT2D eigenvalue weighted by molar-refractivity contribution is -0.523. The minimum absolute atomic E-state index is 0.236. The molecule has 0 fully saturated rings. The van der Waals surface area contributed by atoms with Crippen molar-refractivity contribution in [2.24, 2.45) is 0 Å². The van der Waals surface area contributed by atoms with Gasteiger partial charge in [-0.1, -0.05) is 0 Å². The van der Waals surface area contributed by atoms with Gasteiger partial charge in [-0.2, -0.15) is 13.2 Å². The Morgan fingerprint density at radius 1 is 1.50 bits per heavy atom. The van der Waals surface area contributed by atoms with E-state index in [1.165, 1.54) is 0 Å². The lowest BCUT2D eigenvalue weighted by atomic mass is 10.6. The lowest BCUT2D eigenvalue weighted by Crippen LogP contribution is -2.85. The van der Waals surface area contributed by atoms with Crippen molar-refractivity contribution in [1.29, 1.82) is 0 Å². The third-order valence-corrected chi connectivity index (χ3v) is 0.465. The summed E-state index contributed by atoms with van der Waals surface area (Å²) in [7, 11) is 2.66. The van der Waals surface area contributed by atoms with Gasteiger partial charge in [0.15, 0.2) is 0 Å². The van der Waals surface area contributed by atoms with Crippen LogP contribution in [0.25, 0.3) is 0 Å². The van der Waals surface area contributed by atoms with Crippen LogP contribution in [0.2, 0.25) is 0 Å². The normalized spacial score (nSPS) is 11.5. The van der Waals surface area contributed by atoms with Crippen molar-refractivity contribution in [3.8, 4) is 0 Å². The predicted octanol–water partition coefficient (Wildman–Crippen LogP) is -0.570. The Morgan fingerprint density at radius 3 is 1.88 bits per heavy atom. The summed E-state index contributed by atoms with van der Waals surface area (Å²) in [5.41, 5.74) is 0. The molecule has 0 aliphatic carbocycles. The minimum Gasteiger partial charge on any atom is -0.407 e. The molecule has 0 aromatic carbocycles. The Labute approximate surface area is 43.7 Å². The van der Waals surface area contributed by atoms with Crippen LogP contribution in [0.15, 0.2) is 0 Å². The minimum atomic E-state index is -4.75. The molecule has 0 bridgehead atoms. The highest BCUT2D eigenvalue weighted by atomic mass is 19.4. The van der Waals surface area contributed by atoms with E-state index in [9.17, 15) is 18.0 Å². The first kappa shape index (κ1) is 7.42. The van der Waals surface area contributed by atoms with E-state index in [4.69, 9.17) is 0 Å². The van der Waals surface area contributed by atoms with E-state index in [1.54, 1.807) is 0 Å². The summed E-state index contributed by atoms with van der Waals surface area (Å²) in [6.07, 6.45) is -4.75. The summed E-state index contributed by atoms with van der Waals surface area (Å²) in [6.45, 7) is 0. The molecule has 0 saturated heterocycles. The van der Waals surface area contributed by atoms with Crippen LogP contribution in [0.1, 0.15) is 0 Å². The van der Waals surface area contributed by atoms with Crippen LogP contribution in [-0.2, 0) is 4.79 Å². The first-order valence-corrected chi connectivity index (χ1v) is 1.72. The van der Waals surface area contributed by atoms with Crippen LogP contribution in [0.4, 0.5) is 13.2 Å². The molecule has 0 aromatic heterocycles. The number of alkyl halides is 3. The second kappa shape index (κ2) is 2.13. The monoisotopic (exact) mass is 127 g/mol. The summed E-state index contributed by atoms with van der Waals surface area (Å²) in [5.74, 6) is -1.91. The number of halogens is 3. The zero-order valence-corrected chi connectivity index (χ0v) is 3.83. The highest BCUT2D eigenvalue weighted by Crippen LogP contribution is 2.11.